The summed E-state index contributed by atoms with van der Waals surface area (Å²) in [5.74, 6) is 1.51. The van der Waals surface area contributed by atoms with E-state index in [4.69, 9.17) is 0 Å². The molecule has 0 bridgehead atoms. The third-order valence-electron chi connectivity index (χ3n) is 3.55. The zero-order valence-electron chi connectivity index (χ0n) is 12.3. The van der Waals surface area contributed by atoms with E-state index in [1.165, 1.54) is 0 Å². The Labute approximate surface area is 134 Å². The molecule has 0 aliphatic carbocycles. The minimum Gasteiger partial charge on any atom is -0.274 e. The largest absolute Gasteiger partial charge is 0.274 e. The third kappa shape index (κ3) is 2.51. The molecule has 4 heteroatoms. The molecule has 4 rings (SSSR count). The minimum atomic E-state index is 0.722. The van der Waals surface area contributed by atoms with Crippen LogP contribution in [0, 0.1) is 6.07 Å². The average molecular weight is 297 g/mol. The maximum Gasteiger partial charge on any atom is 0.187 e. The van der Waals surface area contributed by atoms with Gasteiger partial charge in [0.05, 0.1) is 0 Å². The van der Waals surface area contributed by atoms with Crippen molar-refractivity contribution in [1.29, 1.82) is 0 Å². The summed E-state index contributed by atoms with van der Waals surface area (Å²) in [5.41, 5.74) is 2.78. The predicted molar refractivity (Wildman–Crippen MR) is 88.9 cm³/mol. The molecule has 0 amide bonds. The molecule has 4 nitrogen and oxygen atoms in total. The first kappa shape index (κ1) is 13.4. The molecular formula is C19H13N4. The molecule has 2 heterocycles. The number of pyridine rings is 1. The van der Waals surface area contributed by atoms with E-state index in [0.717, 1.165) is 28.6 Å². The van der Waals surface area contributed by atoms with Crippen LogP contribution in [-0.2, 0) is 0 Å². The first-order chi connectivity index (χ1) is 11.4. The maximum absolute atomic E-state index is 4.41. The van der Waals surface area contributed by atoms with Gasteiger partial charge >= 0.3 is 0 Å². The fraction of sp³-hybridized carbons (Fsp3) is 0. The maximum atomic E-state index is 4.41. The Balaban J connectivity index is 1.97. The van der Waals surface area contributed by atoms with Crippen molar-refractivity contribution < 1.29 is 0 Å². The number of aromatic nitrogens is 4. The third-order valence-corrected chi connectivity index (χ3v) is 3.55. The first-order valence-corrected chi connectivity index (χ1v) is 7.32. The lowest BCUT2D eigenvalue weighted by Crippen LogP contribution is -2.00. The van der Waals surface area contributed by atoms with Crippen LogP contribution in [0.25, 0.3) is 28.6 Å². The van der Waals surface area contributed by atoms with Gasteiger partial charge in [0.15, 0.2) is 11.6 Å². The van der Waals surface area contributed by atoms with E-state index < -0.39 is 0 Å². The molecule has 0 saturated heterocycles. The Hall–Kier alpha value is -3.27. The van der Waals surface area contributed by atoms with E-state index in [9.17, 15) is 0 Å². The molecule has 0 aliphatic rings. The lowest BCUT2D eigenvalue weighted by Gasteiger charge is -2.10. The predicted octanol–water partition coefficient (Wildman–Crippen LogP) is 3.80. The van der Waals surface area contributed by atoms with Crippen LogP contribution in [0.15, 0.2) is 79.0 Å². The molecule has 0 atom stereocenters. The Morgan fingerprint density at radius 1 is 0.739 bits per heavy atom. The van der Waals surface area contributed by atoms with Crippen molar-refractivity contribution >= 4 is 0 Å². The van der Waals surface area contributed by atoms with Gasteiger partial charge in [-0.2, -0.15) is 0 Å². The van der Waals surface area contributed by atoms with E-state index in [1.54, 1.807) is 6.20 Å². The van der Waals surface area contributed by atoms with Gasteiger partial charge in [-0.25, -0.2) is 0 Å². The van der Waals surface area contributed by atoms with Crippen molar-refractivity contribution in [3.05, 3.63) is 85.1 Å². The highest BCUT2D eigenvalue weighted by molar-refractivity contribution is 5.64. The minimum absolute atomic E-state index is 0.722. The monoisotopic (exact) mass is 297 g/mol. The van der Waals surface area contributed by atoms with Gasteiger partial charge in [-0.05, 0) is 30.3 Å². The lowest BCUT2D eigenvalue weighted by molar-refractivity contribution is 1.06. The lowest BCUT2D eigenvalue weighted by atomic mass is 10.2. The molecule has 2 aromatic carbocycles. The zero-order chi connectivity index (χ0) is 15.5. The number of hydrogen-bond acceptors (Lipinski definition) is 3. The van der Waals surface area contributed by atoms with Crippen LogP contribution in [0.3, 0.4) is 0 Å². The zero-order valence-corrected chi connectivity index (χ0v) is 12.3. The Kier molecular flexibility index (Phi) is 3.41. The number of hydrogen-bond donors (Lipinski definition) is 0. The van der Waals surface area contributed by atoms with Crippen molar-refractivity contribution in [2.24, 2.45) is 0 Å². The second kappa shape index (κ2) is 5.85. The fourth-order valence-electron chi connectivity index (χ4n) is 2.49. The van der Waals surface area contributed by atoms with E-state index in [2.05, 4.69) is 21.2 Å². The van der Waals surface area contributed by atoms with E-state index in [1.807, 2.05) is 77.4 Å². The van der Waals surface area contributed by atoms with Crippen molar-refractivity contribution in [2.45, 2.75) is 0 Å². The molecule has 23 heavy (non-hydrogen) atoms. The van der Waals surface area contributed by atoms with Gasteiger partial charge in [-0.15, -0.1) is 10.2 Å². The molecule has 0 fully saturated rings. The summed E-state index contributed by atoms with van der Waals surface area (Å²) in [4.78, 5) is 4.41. The molecule has 2 aromatic heterocycles. The van der Waals surface area contributed by atoms with Crippen LogP contribution in [0.4, 0.5) is 0 Å². The van der Waals surface area contributed by atoms with Gasteiger partial charge in [-0.1, -0.05) is 48.5 Å². The molecule has 0 saturated carbocycles. The summed E-state index contributed by atoms with van der Waals surface area (Å²) in [6.45, 7) is 0. The Morgan fingerprint density at radius 3 is 2.22 bits per heavy atom. The molecule has 109 valence electrons. The second-order valence-electron chi connectivity index (χ2n) is 5.02. The molecule has 0 aliphatic heterocycles. The number of rotatable bonds is 3. The van der Waals surface area contributed by atoms with Crippen molar-refractivity contribution in [3.8, 4) is 28.6 Å². The van der Waals surface area contributed by atoms with Crippen LogP contribution in [0.2, 0.25) is 0 Å². The first-order valence-electron chi connectivity index (χ1n) is 7.32. The molecule has 4 aromatic rings. The Bertz CT molecular complexity index is 843. The summed E-state index contributed by atoms with van der Waals surface area (Å²) in [6.07, 6.45) is 1.76. The van der Waals surface area contributed by atoms with Gasteiger partial charge in [0.2, 0.25) is 0 Å². The second-order valence-corrected chi connectivity index (χ2v) is 5.02. The quantitative estimate of drug-likeness (QED) is 0.578. The summed E-state index contributed by atoms with van der Waals surface area (Å²) < 4.78 is 2.03. The van der Waals surface area contributed by atoms with Gasteiger partial charge < -0.3 is 0 Å². The highest BCUT2D eigenvalue weighted by Gasteiger charge is 2.17. The smallest absolute Gasteiger partial charge is 0.187 e. The SMILES string of the molecule is [c]1ccc(-c2nnc(-c3ccccn3)n2-c2ccccc2)cc1. The van der Waals surface area contributed by atoms with Crippen LogP contribution in [-0.4, -0.2) is 19.7 Å². The van der Waals surface area contributed by atoms with Crippen LogP contribution in [0.5, 0.6) is 0 Å². The average Bonchev–Trinajstić information content (AvgIpc) is 3.09. The molecule has 1 radical (unpaired) electrons. The summed E-state index contributed by atoms with van der Waals surface area (Å²) in [7, 11) is 0. The number of nitrogens with zero attached hydrogens (tertiary/aromatic N) is 4. The summed E-state index contributed by atoms with van der Waals surface area (Å²) in [5, 5.41) is 8.78. The van der Waals surface area contributed by atoms with E-state index in [0.29, 0.717) is 0 Å². The van der Waals surface area contributed by atoms with Crippen LogP contribution < -0.4 is 0 Å². The molecular weight excluding hydrogens is 284 g/mol. The van der Waals surface area contributed by atoms with Crippen molar-refractivity contribution in [2.75, 3.05) is 0 Å². The Morgan fingerprint density at radius 2 is 1.48 bits per heavy atom. The number of benzene rings is 2. The van der Waals surface area contributed by atoms with Crippen LogP contribution in [0.1, 0.15) is 0 Å². The topological polar surface area (TPSA) is 43.6 Å². The van der Waals surface area contributed by atoms with Crippen molar-refractivity contribution in [1.82, 2.24) is 19.7 Å². The highest BCUT2D eigenvalue weighted by Crippen LogP contribution is 2.27. The van der Waals surface area contributed by atoms with Crippen LogP contribution >= 0.6 is 0 Å². The summed E-state index contributed by atoms with van der Waals surface area (Å²) in [6, 6.07) is 26.6. The number of para-hydroxylation sites is 1. The fourth-order valence-corrected chi connectivity index (χ4v) is 2.49. The summed E-state index contributed by atoms with van der Waals surface area (Å²) >= 11 is 0. The van der Waals surface area contributed by atoms with Gasteiger partial charge in [0.1, 0.15) is 5.69 Å². The normalized spacial score (nSPS) is 10.6. The van der Waals surface area contributed by atoms with Gasteiger partial charge in [0, 0.05) is 17.4 Å². The molecule has 0 spiro atoms. The van der Waals surface area contributed by atoms with E-state index >= 15 is 0 Å². The van der Waals surface area contributed by atoms with Crippen molar-refractivity contribution in [3.63, 3.8) is 0 Å². The molecule has 0 N–H and O–H groups in total. The van der Waals surface area contributed by atoms with Gasteiger partial charge in [-0.3, -0.25) is 9.55 Å². The van der Waals surface area contributed by atoms with Gasteiger partial charge in [0.25, 0.3) is 0 Å². The molecule has 0 unspecified atom stereocenters. The van der Waals surface area contributed by atoms with E-state index in [-0.39, 0.29) is 0 Å². The highest BCUT2D eigenvalue weighted by atomic mass is 15.3. The standard InChI is InChI=1S/C19H13N4/c1-3-9-15(10-4-1)18-21-22-19(17-13-7-8-14-20-17)23(18)16-11-5-2-6-12-16/h2-14H.